The van der Waals surface area contributed by atoms with Crippen molar-refractivity contribution in [3.8, 4) is 0 Å². The summed E-state index contributed by atoms with van der Waals surface area (Å²) in [5, 5.41) is 3.59. The van der Waals surface area contributed by atoms with Crippen molar-refractivity contribution in [2.24, 2.45) is 0 Å². The van der Waals surface area contributed by atoms with Crippen LogP contribution in [0.1, 0.15) is 52.5 Å². The molecule has 36 heavy (non-hydrogen) atoms. The number of hydrogen-bond donors (Lipinski definition) is 1. The number of sulfonamides is 1. The zero-order valence-corrected chi connectivity index (χ0v) is 23.7. The normalized spacial score (nSPS) is 15.2. The Hall–Kier alpha value is -1.88. The SMILES string of the molecule is CCCS(=O)(=O)N(CCOC)CC(=O)N(Cc1ccc(Cl)cc1)C1CCN(C(=O)NC(C)(C)C)CC1. The number of amides is 3. The first-order valence-corrected chi connectivity index (χ1v) is 14.4. The molecule has 0 saturated carbocycles. The summed E-state index contributed by atoms with van der Waals surface area (Å²) in [6.45, 7) is 9.04. The number of nitrogens with zero attached hydrogens (tertiary/aromatic N) is 3. The van der Waals surface area contributed by atoms with Gasteiger partial charge in [0.2, 0.25) is 15.9 Å². The topological polar surface area (TPSA) is 99.3 Å². The minimum atomic E-state index is -3.59. The first-order chi connectivity index (χ1) is 16.9. The number of methoxy groups -OCH3 is 1. The van der Waals surface area contributed by atoms with Crippen molar-refractivity contribution in [2.45, 2.75) is 65.1 Å². The number of urea groups is 1. The van der Waals surface area contributed by atoms with E-state index < -0.39 is 10.0 Å². The van der Waals surface area contributed by atoms with Gasteiger partial charge in [-0.3, -0.25) is 4.79 Å². The fourth-order valence-corrected chi connectivity index (χ4v) is 5.69. The molecule has 0 atom stereocenters. The summed E-state index contributed by atoms with van der Waals surface area (Å²) in [7, 11) is -2.09. The molecule has 1 aromatic carbocycles. The van der Waals surface area contributed by atoms with Gasteiger partial charge in [-0.1, -0.05) is 30.7 Å². The summed E-state index contributed by atoms with van der Waals surface area (Å²) in [6, 6.07) is 7.04. The highest BCUT2D eigenvalue weighted by atomic mass is 35.5. The molecule has 0 aliphatic carbocycles. The van der Waals surface area contributed by atoms with Crippen molar-refractivity contribution in [2.75, 3.05) is 45.6 Å². The van der Waals surface area contributed by atoms with Gasteiger partial charge < -0.3 is 19.9 Å². The van der Waals surface area contributed by atoms with Gasteiger partial charge in [0.1, 0.15) is 0 Å². The van der Waals surface area contributed by atoms with E-state index in [9.17, 15) is 18.0 Å². The Morgan fingerprint density at radius 3 is 2.31 bits per heavy atom. The van der Waals surface area contributed by atoms with Crippen LogP contribution in [0, 0.1) is 0 Å². The summed E-state index contributed by atoms with van der Waals surface area (Å²) in [4.78, 5) is 29.7. The summed E-state index contributed by atoms with van der Waals surface area (Å²) >= 11 is 6.04. The van der Waals surface area contributed by atoms with Crippen LogP contribution in [0.3, 0.4) is 0 Å². The predicted molar refractivity (Wildman–Crippen MR) is 142 cm³/mol. The molecule has 0 aromatic heterocycles. The molecular formula is C25H41ClN4O5S. The van der Waals surface area contributed by atoms with E-state index in [0.29, 0.717) is 43.9 Å². The summed E-state index contributed by atoms with van der Waals surface area (Å²) < 4.78 is 32.0. The van der Waals surface area contributed by atoms with Crippen LogP contribution >= 0.6 is 11.6 Å². The molecule has 0 unspecified atom stereocenters. The van der Waals surface area contributed by atoms with Crippen molar-refractivity contribution >= 4 is 33.6 Å². The van der Waals surface area contributed by atoms with Gasteiger partial charge in [0.05, 0.1) is 18.9 Å². The zero-order chi connectivity index (χ0) is 26.9. The van der Waals surface area contributed by atoms with Gasteiger partial charge in [-0.05, 0) is 57.7 Å². The second-order valence-corrected chi connectivity index (χ2v) is 12.7. The number of carbonyl (C=O) groups is 2. The second-order valence-electron chi connectivity index (χ2n) is 10.2. The van der Waals surface area contributed by atoms with E-state index in [0.717, 1.165) is 5.56 Å². The van der Waals surface area contributed by atoms with E-state index >= 15 is 0 Å². The van der Waals surface area contributed by atoms with Crippen molar-refractivity contribution in [1.82, 2.24) is 19.4 Å². The Kier molecular flexibility index (Phi) is 11.5. The van der Waals surface area contributed by atoms with Crippen LogP contribution in [0.5, 0.6) is 0 Å². The number of benzene rings is 1. The molecule has 3 amide bonds. The van der Waals surface area contributed by atoms with Gasteiger partial charge in [0.25, 0.3) is 0 Å². The molecule has 9 nitrogen and oxygen atoms in total. The quantitative estimate of drug-likeness (QED) is 0.460. The third-order valence-corrected chi connectivity index (χ3v) is 8.25. The lowest BCUT2D eigenvalue weighted by atomic mass is 10.0. The third kappa shape index (κ3) is 9.53. The van der Waals surface area contributed by atoms with E-state index in [1.165, 1.54) is 11.4 Å². The Labute approximate surface area is 221 Å². The molecule has 1 saturated heterocycles. The molecule has 0 radical (unpaired) electrons. The first kappa shape index (κ1) is 30.3. The van der Waals surface area contributed by atoms with Gasteiger partial charge in [0, 0.05) is 49.9 Å². The van der Waals surface area contributed by atoms with E-state index in [-0.39, 0.29) is 49.0 Å². The molecular weight excluding hydrogens is 504 g/mol. The highest BCUT2D eigenvalue weighted by molar-refractivity contribution is 7.89. The number of rotatable bonds is 11. The number of halogens is 1. The number of likely N-dealkylation sites (tertiary alicyclic amines) is 1. The monoisotopic (exact) mass is 544 g/mol. The highest BCUT2D eigenvalue weighted by Crippen LogP contribution is 2.22. The predicted octanol–water partition coefficient (Wildman–Crippen LogP) is 3.33. The molecule has 2 rings (SSSR count). The van der Waals surface area contributed by atoms with Crippen molar-refractivity contribution < 1.29 is 22.7 Å². The number of ether oxygens (including phenoxy) is 1. The van der Waals surface area contributed by atoms with Crippen LogP contribution < -0.4 is 5.32 Å². The average molecular weight is 545 g/mol. The lowest BCUT2D eigenvalue weighted by molar-refractivity contribution is -0.135. The van der Waals surface area contributed by atoms with Gasteiger partial charge >= 0.3 is 6.03 Å². The molecule has 1 aliphatic rings. The lowest BCUT2D eigenvalue weighted by Gasteiger charge is -2.40. The van der Waals surface area contributed by atoms with E-state index in [1.807, 2.05) is 32.9 Å². The van der Waals surface area contributed by atoms with E-state index in [2.05, 4.69) is 5.32 Å². The van der Waals surface area contributed by atoms with Crippen LogP contribution in [-0.2, 0) is 26.1 Å². The maximum atomic E-state index is 13.6. The lowest BCUT2D eigenvalue weighted by Crippen LogP contribution is -2.54. The van der Waals surface area contributed by atoms with Crippen molar-refractivity contribution in [1.29, 1.82) is 0 Å². The molecule has 1 fully saturated rings. The van der Waals surface area contributed by atoms with Crippen molar-refractivity contribution in [3.05, 3.63) is 34.9 Å². The number of hydrogen-bond acceptors (Lipinski definition) is 5. The van der Waals surface area contributed by atoms with Gasteiger partial charge in [0.15, 0.2) is 0 Å². The van der Waals surface area contributed by atoms with Crippen LogP contribution in [0.2, 0.25) is 5.02 Å². The largest absolute Gasteiger partial charge is 0.383 e. The fourth-order valence-electron chi connectivity index (χ4n) is 4.13. The Bertz CT molecular complexity index is 958. The van der Waals surface area contributed by atoms with E-state index in [1.54, 1.807) is 28.9 Å². The first-order valence-electron chi connectivity index (χ1n) is 12.4. The second kappa shape index (κ2) is 13.6. The molecule has 1 heterocycles. The molecule has 204 valence electrons. The number of piperidine rings is 1. The number of carbonyl (C=O) groups excluding carboxylic acids is 2. The Morgan fingerprint density at radius 1 is 1.17 bits per heavy atom. The average Bonchev–Trinajstić information content (AvgIpc) is 2.80. The standard InChI is InChI=1S/C25H41ClN4O5S/c1-6-17-36(33,34)29(15-16-35-5)19-23(31)30(18-20-7-9-21(26)10-8-20)22-11-13-28(14-12-22)24(32)27-25(2,3)4/h7-10,22H,6,11-19H2,1-5H3,(H,27,32). The third-order valence-electron chi connectivity index (χ3n) is 5.97. The van der Waals surface area contributed by atoms with Gasteiger partial charge in [-0.25, -0.2) is 13.2 Å². The molecule has 11 heteroatoms. The van der Waals surface area contributed by atoms with Crippen LogP contribution in [-0.4, -0.2) is 91.7 Å². The van der Waals surface area contributed by atoms with Crippen molar-refractivity contribution in [3.63, 3.8) is 0 Å². The highest BCUT2D eigenvalue weighted by Gasteiger charge is 2.33. The van der Waals surface area contributed by atoms with Crippen LogP contribution in [0.15, 0.2) is 24.3 Å². The maximum Gasteiger partial charge on any atom is 0.317 e. The fraction of sp³-hybridized carbons (Fsp3) is 0.680. The molecule has 1 aliphatic heterocycles. The van der Waals surface area contributed by atoms with Crippen LogP contribution in [0.4, 0.5) is 4.79 Å². The van der Waals surface area contributed by atoms with Gasteiger partial charge in [-0.15, -0.1) is 0 Å². The number of nitrogens with one attached hydrogen (secondary N) is 1. The zero-order valence-electron chi connectivity index (χ0n) is 22.1. The minimum Gasteiger partial charge on any atom is -0.383 e. The minimum absolute atomic E-state index is 0.0253. The smallest absolute Gasteiger partial charge is 0.317 e. The summed E-state index contributed by atoms with van der Waals surface area (Å²) in [6.07, 6.45) is 1.68. The molecule has 0 bridgehead atoms. The Balaban J connectivity index is 2.21. The maximum absolute atomic E-state index is 13.6. The Morgan fingerprint density at radius 2 is 1.78 bits per heavy atom. The molecule has 1 aromatic rings. The van der Waals surface area contributed by atoms with E-state index in [4.69, 9.17) is 16.3 Å². The molecule has 1 N–H and O–H groups in total. The molecule has 0 spiro atoms. The van der Waals surface area contributed by atoms with Crippen LogP contribution in [0.25, 0.3) is 0 Å². The summed E-state index contributed by atoms with van der Waals surface area (Å²) in [5.41, 5.74) is 0.570. The van der Waals surface area contributed by atoms with Gasteiger partial charge in [-0.2, -0.15) is 4.31 Å². The summed E-state index contributed by atoms with van der Waals surface area (Å²) in [5.74, 6) is -0.291.